The molecule has 1 fully saturated rings. The Bertz CT molecular complexity index is 197. The van der Waals surface area contributed by atoms with Crippen molar-refractivity contribution in [3.8, 4) is 0 Å². The number of nitrogens with one attached hydrogen (secondary N) is 1. The summed E-state index contributed by atoms with van der Waals surface area (Å²) in [6, 6.07) is 0.267. The van der Waals surface area contributed by atoms with Crippen molar-refractivity contribution in [3.05, 3.63) is 0 Å². The van der Waals surface area contributed by atoms with E-state index < -0.39 is 6.10 Å². The van der Waals surface area contributed by atoms with Crippen molar-refractivity contribution < 1.29 is 9.90 Å². The van der Waals surface area contributed by atoms with Gasteiger partial charge in [-0.15, -0.1) is 0 Å². The fourth-order valence-electron chi connectivity index (χ4n) is 1.81. The van der Waals surface area contributed by atoms with Crippen molar-refractivity contribution in [1.82, 2.24) is 5.32 Å². The Morgan fingerprint density at radius 3 is 2.86 bits per heavy atom. The second-order valence-electron chi connectivity index (χ2n) is 3.91. The van der Waals surface area contributed by atoms with Gasteiger partial charge in [0.25, 0.3) is 0 Å². The van der Waals surface area contributed by atoms with Gasteiger partial charge in [0, 0.05) is 11.3 Å². The van der Waals surface area contributed by atoms with Crippen molar-refractivity contribution in [2.45, 2.75) is 50.0 Å². The second kappa shape index (κ2) is 5.61. The van der Waals surface area contributed by atoms with E-state index in [2.05, 4.69) is 11.6 Å². The molecule has 0 bridgehead atoms. The lowest BCUT2D eigenvalue weighted by Crippen LogP contribution is -2.43. The summed E-state index contributed by atoms with van der Waals surface area (Å²) in [7, 11) is 0. The number of aliphatic hydroxyl groups excluding tert-OH is 1. The summed E-state index contributed by atoms with van der Waals surface area (Å²) in [5.41, 5.74) is 0. The highest BCUT2D eigenvalue weighted by molar-refractivity contribution is 7.99. The average molecular weight is 217 g/mol. The van der Waals surface area contributed by atoms with Crippen LogP contribution < -0.4 is 5.32 Å². The molecule has 0 aromatic carbocycles. The van der Waals surface area contributed by atoms with Gasteiger partial charge in [0.2, 0.25) is 5.91 Å². The molecule has 1 aliphatic rings. The average Bonchev–Trinajstić information content (AvgIpc) is 2.18. The number of rotatable bonds is 3. The van der Waals surface area contributed by atoms with Crippen molar-refractivity contribution in [2.75, 3.05) is 6.26 Å². The Morgan fingerprint density at radius 1 is 1.57 bits per heavy atom. The zero-order valence-corrected chi connectivity index (χ0v) is 9.64. The van der Waals surface area contributed by atoms with E-state index >= 15 is 0 Å². The van der Waals surface area contributed by atoms with E-state index in [4.69, 9.17) is 5.11 Å². The van der Waals surface area contributed by atoms with E-state index in [1.54, 1.807) is 0 Å². The van der Waals surface area contributed by atoms with Gasteiger partial charge < -0.3 is 10.4 Å². The van der Waals surface area contributed by atoms with Crippen LogP contribution >= 0.6 is 11.8 Å². The standard InChI is InChI=1S/C10H19NO2S/c1-7(12)10(13)11-8-4-3-5-9(6-8)14-2/h7-9,12H,3-6H2,1-2H3,(H,11,13). The van der Waals surface area contributed by atoms with Gasteiger partial charge in [0.05, 0.1) is 0 Å². The molecule has 1 rings (SSSR count). The summed E-state index contributed by atoms with van der Waals surface area (Å²) in [4.78, 5) is 11.2. The fraction of sp³-hybridized carbons (Fsp3) is 0.900. The van der Waals surface area contributed by atoms with Crippen LogP contribution in [0, 0.1) is 0 Å². The van der Waals surface area contributed by atoms with Crippen molar-refractivity contribution >= 4 is 17.7 Å². The molecule has 3 atom stereocenters. The van der Waals surface area contributed by atoms with E-state index in [0.29, 0.717) is 5.25 Å². The SMILES string of the molecule is CSC1CCCC(NC(=O)C(C)O)C1. The predicted octanol–water partition coefficient (Wildman–Crippen LogP) is 1.16. The van der Waals surface area contributed by atoms with Crippen molar-refractivity contribution in [3.63, 3.8) is 0 Å². The largest absolute Gasteiger partial charge is 0.384 e. The predicted molar refractivity (Wildman–Crippen MR) is 59.4 cm³/mol. The smallest absolute Gasteiger partial charge is 0.248 e. The molecule has 2 N–H and O–H groups in total. The number of carbonyl (C=O) groups is 1. The third-order valence-corrected chi connectivity index (χ3v) is 3.78. The molecule has 0 aliphatic heterocycles. The normalized spacial score (nSPS) is 29.6. The molecular formula is C10H19NO2S. The summed E-state index contributed by atoms with van der Waals surface area (Å²) in [6.07, 6.45) is 5.75. The Kier molecular flexibility index (Phi) is 4.75. The minimum atomic E-state index is -0.885. The molecule has 0 heterocycles. The van der Waals surface area contributed by atoms with Gasteiger partial charge in [0.15, 0.2) is 0 Å². The quantitative estimate of drug-likeness (QED) is 0.746. The molecule has 0 aromatic heterocycles. The van der Waals surface area contributed by atoms with Crippen molar-refractivity contribution in [1.29, 1.82) is 0 Å². The Balaban J connectivity index is 2.34. The number of carbonyl (C=O) groups excluding carboxylic acids is 1. The van der Waals surface area contributed by atoms with Crippen LogP contribution in [0.15, 0.2) is 0 Å². The zero-order chi connectivity index (χ0) is 10.6. The second-order valence-corrected chi connectivity index (χ2v) is 5.04. The molecule has 0 spiro atoms. The van der Waals surface area contributed by atoms with Gasteiger partial charge in [-0.1, -0.05) is 6.42 Å². The number of thioether (sulfide) groups is 1. The van der Waals surface area contributed by atoms with Crippen LogP contribution in [0.2, 0.25) is 0 Å². The molecule has 3 unspecified atom stereocenters. The first-order chi connectivity index (χ1) is 6.63. The highest BCUT2D eigenvalue weighted by atomic mass is 32.2. The van der Waals surface area contributed by atoms with E-state index in [1.165, 1.54) is 19.8 Å². The van der Waals surface area contributed by atoms with Crippen LogP contribution in [0.3, 0.4) is 0 Å². The van der Waals surface area contributed by atoms with Gasteiger partial charge in [-0.2, -0.15) is 11.8 Å². The summed E-state index contributed by atoms with van der Waals surface area (Å²) in [6.45, 7) is 1.50. The van der Waals surface area contributed by atoms with Crippen LogP contribution in [-0.4, -0.2) is 34.7 Å². The topological polar surface area (TPSA) is 49.3 Å². The van der Waals surface area contributed by atoms with Gasteiger partial charge in [-0.25, -0.2) is 0 Å². The summed E-state index contributed by atoms with van der Waals surface area (Å²) >= 11 is 1.87. The van der Waals surface area contributed by atoms with Crippen LogP contribution in [0.5, 0.6) is 0 Å². The summed E-state index contributed by atoms with van der Waals surface area (Å²) < 4.78 is 0. The lowest BCUT2D eigenvalue weighted by atomic mass is 9.95. The first-order valence-corrected chi connectivity index (χ1v) is 6.43. The van der Waals surface area contributed by atoms with E-state index in [-0.39, 0.29) is 11.9 Å². The summed E-state index contributed by atoms with van der Waals surface area (Å²) in [5, 5.41) is 12.6. The lowest BCUT2D eigenvalue weighted by Gasteiger charge is -2.28. The molecule has 14 heavy (non-hydrogen) atoms. The van der Waals surface area contributed by atoms with E-state index in [9.17, 15) is 4.79 Å². The Labute approximate surface area is 89.6 Å². The lowest BCUT2D eigenvalue weighted by molar-refractivity contribution is -0.129. The summed E-state index contributed by atoms with van der Waals surface area (Å²) in [5.74, 6) is -0.239. The maximum Gasteiger partial charge on any atom is 0.248 e. The molecule has 3 nitrogen and oxygen atoms in total. The molecule has 0 aromatic rings. The van der Waals surface area contributed by atoms with Gasteiger partial charge in [-0.05, 0) is 32.4 Å². The van der Waals surface area contributed by atoms with E-state index in [1.807, 2.05) is 11.8 Å². The molecular weight excluding hydrogens is 198 g/mol. The minimum absolute atomic E-state index is 0.239. The molecule has 0 radical (unpaired) electrons. The monoisotopic (exact) mass is 217 g/mol. The van der Waals surface area contributed by atoms with E-state index in [0.717, 1.165) is 12.8 Å². The zero-order valence-electron chi connectivity index (χ0n) is 8.82. The Morgan fingerprint density at radius 2 is 2.29 bits per heavy atom. The first kappa shape index (κ1) is 11.9. The minimum Gasteiger partial charge on any atom is -0.384 e. The maximum absolute atomic E-state index is 11.2. The molecule has 4 heteroatoms. The molecule has 1 aliphatic carbocycles. The molecule has 0 saturated heterocycles. The maximum atomic E-state index is 11.2. The van der Waals surface area contributed by atoms with Gasteiger partial charge in [0.1, 0.15) is 6.10 Å². The number of amides is 1. The van der Waals surface area contributed by atoms with Crippen LogP contribution in [-0.2, 0) is 4.79 Å². The first-order valence-electron chi connectivity index (χ1n) is 5.14. The third-order valence-electron chi connectivity index (χ3n) is 2.69. The van der Waals surface area contributed by atoms with Crippen LogP contribution in [0.4, 0.5) is 0 Å². The highest BCUT2D eigenvalue weighted by Crippen LogP contribution is 2.26. The van der Waals surface area contributed by atoms with Crippen LogP contribution in [0.1, 0.15) is 32.6 Å². The number of hydrogen-bond donors (Lipinski definition) is 2. The number of hydrogen-bond acceptors (Lipinski definition) is 3. The third kappa shape index (κ3) is 3.50. The highest BCUT2D eigenvalue weighted by Gasteiger charge is 2.23. The Hall–Kier alpha value is -0.220. The van der Waals surface area contributed by atoms with Gasteiger partial charge in [-0.3, -0.25) is 4.79 Å². The fourth-order valence-corrected chi connectivity index (χ4v) is 2.64. The van der Waals surface area contributed by atoms with Crippen molar-refractivity contribution in [2.24, 2.45) is 0 Å². The van der Waals surface area contributed by atoms with Gasteiger partial charge >= 0.3 is 0 Å². The van der Waals surface area contributed by atoms with Crippen LogP contribution in [0.25, 0.3) is 0 Å². The molecule has 1 amide bonds. The molecule has 82 valence electrons. The molecule has 1 saturated carbocycles. The number of aliphatic hydroxyl groups is 1.